The first-order valence-corrected chi connectivity index (χ1v) is 5.92. The number of hydrogen-bond acceptors (Lipinski definition) is 0. The molecule has 0 amide bonds. The van der Waals surface area contributed by atoms with E-state index in [1.165, 1.54) is 38.5 Å². The molecule has 0 saturated heterocycles. The molecule has 0 aromatic heterocycles. The van der Waals surface area contributed by atoms with Gasteiger partial charge in [-0.15, -0.1) is 9.24 Å². The third-order valence-corrected chi connectivity index (χ3v) is 3.25. The topological polar surface area (TPSA) is 0 Å². The Morgan fingerprint density at radius 1 is 1.42 bits per heavy atom. The fourth-order valence-electron chi connectivity index (χ4n) is 1.84. The van der Waals surface area contributed by atoms with Crippen molar-refractivity contribution in [1.29, 1.82) is 0 Å². The molecule has 3 unspecified atom stereocenters. The molecule has 1 aliphatic rings. The molecule has 0 aromatic carbocycles. The molecule has 0 heterocycles. The van der Waals surface area contributed by atoms with Crippen LogP contribution in [0.5, 0.6) is 0 Å². The summed E-state index contributed by atoms with van der Waals surface area (Å²) in [5, 5.41) is 0. The minimum atomic E-state index is 0.893. The lowest BCUT2D eigenvalue weighted by atomic mass is 10.1. The van der Waals surface area contributed by atoms with Crippen LogP contribution < -0.4 is 0 Å². The van der Waals surface area contributed by atoms with E-state index in [4.69, 9.17) is 0 Å². The Labute approximate surface area is 79.0 Å². The fourth-order valence-corrected chi connectivity index (χ4v) is 2.38. The van der Waals surface area contributed by atoms with Crippen LogP contribution in [0.25, 0.3) is 0 Å². The van der Waals surface area contributed by atoms with Gasteiger partial charge in [-0.1, -0.05) is 31.9 Å². The van der Waals surface area contributed by atoms with Crippen molar-refractivity contribution >= 4 is 9.24 Å². The van der Waals surface area contributed by atoms with Crippen LogP contribution >= 0.6 is 9.24 Å². The van der Waals surface area contributed by atoms with Gasteiger partial charge >= 0.3 is 0 Å². The summed E-state index contributed by atoms with van der Waals surface area (Å²) in [6, 6.07) is 0. The SMILES string of the molecule is CCCC/C=C\C1CCC(P)C1. The maximum Gasteiger partial charge on any atom is -0.0227 e. The van der Waals surface area contributed by atoms with E-state index in [0.29, 0.717) is 0 Å². The zero-order chi connectivity index (χ0) is 8.81. The van der Waals surface area contributed by atoms with E-state index in [0.717, 1.165) is 11.6 Å². The molecule has 0 N–H and O–H groups in total. The number of hydrogen-bond donors (Lipinski definition) is 0. The molecule has 1 aliphatic carbocycles. The van der Waals surface area contributed by atoms with Crippen molar-refractivity contribution in [3.05, 3.63) is 12.2 Å². The highest BCUT2D eigenvalue weighted by Gasteiger charge is 2.18. The van der Waals surface area contributed by atoms with Crippen molar-refractivity contribution in [2.24, 2.45) is 5.92 Å². The van der Waals surface area contributed by atoms with Crippen molar-refractivity contribution in [2.45, 2.75) is 51.1 Å². The average Bonchev–Trinajstić information content (AvgIpc) is 2.45. The largest absolute Gasteiger partial charge is 0.134 e. The van der Waals surface area contributed by atoms with Gasteiger partial charge in [0, 0.05) is 0 Å². The van der Waals surface area contributed by atoms with Crippen molar-refractivity contribution < 1.29 is 0 Å². The van der Waals surface area contributed by atoms with Crippen molar-refractivity contribution in [3.63, 3.8) is 0 Å². The van der Waals surface area contributed by atoms with Gasteiger partial charge in [0.25, 0.3) is 0 Å². The monoisotopic (exact) mass is 184 g/mol. The maximum atomic E-state index is 2.95. The van der Waals surface area contributed by atoms with Crippen LogP contribution in [0.15, 0.2) is 12.2 Å². The number of allylic oxidation sites excluding steroid dienone is 2. The van der Waals surface area contributed by atoms with E-state index in [9.17, 15) is 0 Å². The Morgan fingerprint density at radius 2 is 2.25 bits per heavy atom. The summed E-state index contributed by atoms with van der Waals surface area (Å²) in [5.41, 5.74) is 0.894. The predicted octanol–water partition coefficient (Wildman–Crippen LogP) is 3.78. The van der Waals surface area contributed by atoms with Crippen LogP contribution in [0.4, 0.5) is 0 Å². The van der Waals surface area contributed by atoms with E-state index in [1.54, 1.807) is 0 Å². The first-order chi connectivity index (χ1) is 5.83. The molecule has 0 aromatic rings. The third-order valence-electron chi connectivity index (χ3n) is 2.65. The first-order valence-electron chi connectivity index (χ1n) is 5.25. The van der Waals surface area contributed by atoms with Gasteiger partial charge in [0.2, 0.25) is 0 Å². The fraction of sp³-hybridized carbons (Fsp3) is 0.818. The van der Waals surface area contributed by atoms with E-state index in [-0.39, 0.29) is 0 Å². The Kier molecular flexibility index (Phi) is 4.92. The van der Waals surface area contributed by atoms with Gasteiger partial charge in [-0.05, 0) is 37.3 Å². The summed E-state index contributed by atoms with van der Waals surface area (Å²) in [6.45, 7) is 2.25. The molecule has 0 bridgehead atoms. The Balaban J connectivity index is 2.10. The van der Waals surface area contributed by atoms with Crippen LogP contribution in [0.1, 0.15) is 45.4 Å². The van der Waals surface area contributed by atoms with Crippen LogP contribution in [-0.4, -0.2) is 5.66 Å². The quantitative estimate of drug-likeness (QED) is 0.354. The predicted molar refractivity (Wildman–Crippen MR) is 59.5 cm³/mol. The van der Waals surface area contributed by atoms with Crippen molar-refractivity contribution in [2.75, 3.05) is 0 Å². The van der Waals surface area contributed by atoms with Crippen LogP contribution in [0, 0.1) is 5.92 Å². The first kappa shape index (κ1) is 10.3. The second-order valence-corrected chi connectivity index (χ2v) is 4.85. The molecular weight excluding hydrogens is 163 g/mol. The lowest BCUT2D eigenvalue weighted by Crippen LogP contribution is -1.89. The van der Waals surface area contributed by atoms with E-state index in [2.05, 4.69) is 28.3 Å². The summed E-state index contributed by atoms with van der Waals surface area (Å²) in [6.07, 6.45) is 13.0. The molecule has 0 spiro atoms. The van der Waals surface area contributed by atoms with Gasteiger partial charge in [-0.25, -0.2) is 0 Å². The van der Waals surface area contributed by atoms with Gasteiger partial charge in [0.1, 0.15) is 0 Å². The average molecular weight is 184 g/mol. The lowest BCUT2D eigenvalue weighted by Gasteiger charge is -2.01. The minimum absolute atomic E-state index is 0.893. The molecule has 3 atom stereocenters. The zero-order valence-corrected chi connectivity index (χ0v) is 9.28. The molecule has 1 heteroatoms. The Morgan fingerprint density at radius 3 is 2.83 bits per heavy atom. The van der Waals surface area contributed by atoms with Gasteiger partial charge in [0.05, 0.1) is 0 Å². The van der Waals surface area contributed by atoms with Gasteiger partial charge < -0.3 is 0 Å². The summed E-state index contributed by atoms with van der Waals surface area (Å²) in [4.78, 5) is 0. The highest BCUT2D eigenvalue weighted by molar-refractivity contribution is 7.17. The number of rotatable bonds is 4. The van der Waals surface area contributed by atoms with Gasteiger partial charge in [-0.2, -0.15) is 0 Å². The smallest absolute Gasteiger partial charge is 0.0227 e. The molecule has 0 aliphatic heterocycles. The standard InChI is InChI=1S/C11H21P/c1-2-3-4-5-6-10-7-8-11(12)9-10/h5-6,10-11H,2-4,7-9,12H2,1H3/b6-5-. The van der Waals surface area contributed by atoms with Gasteiger partial charge in [-0.3, -0.25) is 0 Å². The normalized spacial score (nSPS) is 30.2. The number of unbranched alkanes of at least 4 members (excludes halogenated alkanes) is 2. The van der Waals surface area contributed by atoms with Gasteiger partial charge in [0.15, 0.2) is 0 Å². The molecule has 0 radical (unpaired) electrons. The van der Waals surface area contributed by atoms with E-state index in [1.807, 2.05) is 0 Å². The highest BCUT2D eigenvalue weighted by atomic mass is 31.0. The Hall–Kier alpha value is 0.170. The third kappa shape index (κ3) is 3.72. The molecular formula is C11H21P. The molecule has 1 fully saturated rings. The van der Waals surface area contributed by atoms with Crippen LogP contribution in [0.2, 0.25) is 0 Å². The minimum Gasteiger partial charge on any atom is -0.134 e. The molecule has 70 valence electrons. The molecule has 12 heavy (non-hydrogen) atoms. The highest BCUT2D eigenvalue weighted by Crippen LogP contribution is 2.31. The van der Waals surface area contributed by atoms with Crippen molar-refractivity contribution in [3.8, 4) is 0 Å². The van der Waals surface area contributed by atoms with Crippen LogP contribution in [-0.2, 0) is 0 Å². The van der Waals surface area contributed by atoms with E-state index < -0.39 is 0 Å². The summed E-state index contributed by atoms with van der Waals surface area (Å²) in [5.74, 6) is 0.893. The van der Waals surface area contributed by atoms with Crippen molar-refractivity contribution in [1.82, 2.24) is 0 Å². The Bertz CT molecular complexity index is 140. The lowest BCUT2D eigenvalue weighted by molar-refractivity contribution is 0.681. The zero-order valence-electron chi connectivity index (χ0n) is 8.13. The molecule has 1 rings (SSSR count). The molecule has 0 nitrogen and oxygen atoms in total. The van der Waals surface area contributed by atoms with E-state index >= 15 is 0 Å². The second-order valence-electron chi connectivity index (χ2n) is 3.90. The summed E-state index contributed by atoms with van der Waals surface area (Å²) < 4.78 is 0. The summed E-state index contributed by atoms with van der Waals surface area (Å²) >= 11 is 0. The molecule has 1 saturated carbocycles. The van der Waals surface area contributed by atoms with Crippen LogP contribution in [0.3, 0.4) is 0 Å². The second kappa shape index (κ2) is 5.75. The maximum absolute atomic E-state index is 2.95. The summed E-state index contributed by atoms with van der Waals surface area (Å²) in [7, 11) is 2.95.